The lowest BCUT2D eigenvalue weighted by atomic mass is 9.97. The molecule has 7 nitrogen and oxygen atoms in total. The highest BCUT2D eigenvalue weighted by molar-refractivity contribution is 5.78. The van der Waals surface area contributed by atoms with Gasteiger partial charge in [-0.25, -0.2) is 0 Å². The van der Waals surface area contributed by atoms with Gasteiger partial charge in [-0.2, -0.15) is 4.80 Å². The molecule has 0 fully saturated rings. The van der Waals surface area contributed by atoms with Crippen LogP contribution in [0.25, 0.3) is 11.4 Å². The van der Waals surface area contributed by atoms with Crippen molar-refractivity contribution in [1.29, 1.82) is 0 Å². The average Bonchev–Trinajstić information content (AvgIpc) is 3.15. The number of carbonyl (C=O) groups excluding carboxylic acids is 1. The molecule has 1 aromatic heterocycles. The third kappa shape index (κ3) is 5.71. The molecule has 0 bridgehead atoms. The fourth-order valence-electron chi connectivity index (χ4n) is 2.71. The maximum Gasteiger partial charge on any atom is 0.316 e. The summed E-state index contributed by atoms with van der Waals surface area (Å²) in [5.41, 5.74) is 8.23. The van der Waals surface area contributed by atoms with Crippen LogP contribution in [0.4, 0.5) is 0 Å². The number of rotatable bonds is 7. The monoisotopic (exact) mass is 393 g/mol. The van der Waals surface area contributed by atoms with E-state index in [0.717, 1.165) is 24.0 Å². The van der Waals surface area contributed by atoms with Gasteiger partial charge in [-0.3, -0.25) is 4.79 Å². The third-order valence-electron chi connectivity index (χ3n) is 4.37. The van der Waals surface area contributed by atoms with E-state index in [1.165, 1.54) is 5.56 Å². The van der Waals surface area contributed by atoms with Crippen LogP contribution in [0, 0.1) is 5.41 Å². The first-order valence-corrected chi connectivity index (χ1v) is 9.73. The molecule has 2 aromatic carbocycles. The lowest BCUT2D eigenvalue weighted by Crippen LogP contribution is -2.25. The van der Waals surface area contributed by atoms with Gasteiger partial charge in [-0.1, -0.05) is 24.3 Å². The Morgan fingerprint density at radius 3 is 2.52 bits per heavy atom. The number of nitrogens with two attached hydrogens (primary N) is 1. The molecule has 3 rings (SSSR count). The molecule has 0 saturated carbocycles. The summed E-state index contributed by atoms with van der Waals surface area (Å²) >= 11 is 0. The van der Waals surface area contributed by atoms with Gasteiger partial charge in [0.2, 0.25) is 5.82 Å². The van der Waals surface area contributed by atoms with Crippen LogP contribution in [0.5, 0.6) is 5.75 Å². The van der Waals surface area contributed by atoms with E-state index in [0.29, 0.717) is 24.7 Å². The fourth-order valence-corrected chi connectivity index (χ4v) is 2.71. The summed E-state index contributed by atoms with van der Waals surface area (Å²) in [6, 6.07) is 15.5. The van der Waals surface area contributed by atoms with Crippen LogP contribution in [0.2, 0.25) is 0 Å². The van der Waals surface area contributed by atoms with Crippen molar-refractivity contribution in [3.05, 3.63) is 59.7 Å². The minimum atomic E-state index is -0.551. The van der Waals surface area contributed by atoms with Crippen LogP contribution in [0.15, 0.2) is 48.5 Å². The molecular weight excluding hydrogens is 366 g/mol. The van der Waals surface area contributed by atoms with Crippen molar-refractivity contribution < 1.29 is 9.53 Å². The molecule has 0 saturated heterocycles. The zero-order valence-corrected chi connectivity index (χ0v) is 17.1. The lowest BCUT2D eigenvalue weighted by Gasteiger charge is -2.16. The van der Waals surface area contributed by atoms with E-state index in [9.17, 15) is 4.79 Å². The maximum atomic E-state index is 12.0. The predicted molar refractivity (Wildman–Crippen MR) is 111 cm³/mol. The maximum absolute atomic E-state index is 12.0. The molecule has 0 aliphatic carbocycles. The van der Waals surface area contributed by atoms with E-state index in [4.69, 9.17) is 10.5 Å². The van der Waals surface area contributed by atoms with Crippen molar-refractivity contribution in [2.75, 3.05) is 6.54 Å². The van der Waals surface area contributed by atoms with E-state index in [1.807, 2.05) is 45.0 Å². The fraction of sp³-hybridized carbons (Fsp3) is 0.364. The van der Waals surface area contributed by atoms with Gasteiger partial charge in [0.15, 0.2) is 0 Å². The number of nitrogens with zero attached hydrogens (tertiary/aromatic N) is 4. The molecule has 0 atom stereocenters. The van der Waals surface area contributed by atoms with Crippen molar-refractivity contribution >= 4 is 5.97 Å². The normalized spacial score (nSPS) is 11.4. The Morgan fingerprint density at radius 1 is 1.10 bits per heavy atom. The largest absolute Gasteiger partial charge is 0.426 e. The third-order valence-corrected chi connectivity index (χ3v) is 4.37. The smallest absolute Gasteiger partial charge is 0.316 e. The number of ether oxygens (including phenoxy) is 1. The zero-order chi connectivity index (χ0) is 20.9. The SMILES string of the molecule is CC(C)(C)C(=O)Oc1ccc(-c2nnn(Cc3cccc(CCCN)c3)n2)cc1. The van der Waals surface area contributed by atoms with Crippen LogP contribution < -0.4 is 10.5 Å². The minimum absolute atomic E-state index is 0.275. The molecule has 152 valence electrons. The van der Waals surface area contributed by atoms with Crippen LogP contribution in [-0.2, 0) is 17.8 Å². The van der Waals surface area contributed by atoms with Crippen molar-refractivity contribution in [3.8, 4) is 17.1 Å². The van der Waals surface area contributed by atoms with Gasteiger partial charge in [-0.05, 0) is 80.8 Å². The second kappa shape index (κ2) is 8.96. The average molecular weight is 393 g/mol. The van der Waals surface area contributed by atoms with E-state index in [-0.39, 0.29) is 5.97 Å². The van der Waals surface area contributed by atoms with Crippen LogP contribution in [0.3, 0.4) is 0 Å². The summed E-state index contributed by atoms with van der Waals surface area (Å²) < 4.78 is 5.38. The first-order valence-electron chi connectivity index (χ1n) is 9.73. The van der Waals surface area contributed by atoms with Gasteiger partial charge < -0.3 is 10.5 Å². The Hall–Kier alpha value is -3.06. The Bertz CT molecular complexity index is 958. The van der Waals surface area contributed by atoms with Crippen molar-refractivity contribution in [1.82, 2.24) is 20.2 Å². The molecular formula is C22H27N5O2. The molecule has 29 heavy (non-hydrogen) atoms. The molecule has 0 amide bonds. The Morgan fingerprint density at radius 2 is 1.83 bits per heavy atom. The number of carbonyl (C=O) groups is 1. The number of hydrogen-bond donors (Lipinski definition) is 1. The molecule has 0 radical (unpaired) electrons. The summed E-state index contributed by atoms with van der Waals surface area (Å²) in [6.45, 7) is 6.69. The molecule has 7 heteroatoms. The van der Waals surface area contributed by atoms with Crippen molar-refractivity contribution in [3.63, 3.8) is 0 Å². The molecule has 0 spiro atoms. The first-order chi connectivity index (χ1) is 13.8. The van der Waals surface area contributed by atoms with E-state index < -0.39 is 5.41 Å². The second-order valence-electron chi connectivity index (χ2n) is 8.02. The molecule has 0 aliphatic rings. The number of esters is 1. The standard InChI is InChI=1S/C22H27N5O2/c1-22(2,3)21(28)29-19-11-9-18(10-12-19)20-24-26-27(25-20)15-17-7-4-6-16(14-17)8-5-13-23/h4,6-7,9-12,14H,5,8,13,15,23H2,1-3H3. The quantitative estimate of drug-likeness (QED) is 0.489. The van der Waals surface area contributed by atoms with E-state index in [2.05, 4.69) is 27.5 Å². The van der Waals surface area contributed by atoms with Gasteiger partial charge in [-0.15, -0.1) is 10.2 Å². The summed E-state index contributed by atoms with van der Waals surface area (Å²) in [4.78, 5) is 13.6. The lowest BCUT2D eigenvalue weighted by molar-refractivity contribution is -0.142. The topological polar surface area (TPSA) is 95.9 Å². The highest BCUT2D eigenvalue weighted by Crippen LogP contribution is 2.22. The van der Waals surface area contributed by atoms with Gasteiger partial charge in [0.25, 0.3) is 0 Å². The molecule has 2 N–H and O–H groups in total. The zero-order valence-electron chi connectivity index (χ0n) is 17.1. The van der Waals surface area contributed by atoms with Crippen LogP contribution in [-0.4, -0.2) is 32.7 Å². The second-order valence-corrected chi connectivity index (χ2v) is 8.02. The Labute approximate surface area is 170 Å². The molecule has 0 unspecified atom stereocenters. The molecule has 0 aliphatic heterocycles. The number of hydrogen-bond acceptors (Lipinski definition) is 6. The van der Waals surface area contributed by atoms with E-state index in [1.54, 1.807) is 16.9 Å². The number of aryl methyl sites for hydroxylation is 1. The van der Waals surface area contributed by atoms with Crippen molar-refractivity contribution in [2.24, 2.45) is 11.1 Å². The Balaban J connectivity index is 1.66. The van der Waals surface area contributed by atoms with Crippen LogP contribution >= 0.6 is 0 Å². The summed E-state index contributed by atoms with van der Waals surface area (Å²) in [6.07, 6.45) is 1.93. The highest BCUT2D eigenvalue weighted by atomic mass is 16.5. The predicted octanol–water partition coefficient (Wildman–Crippen LogP) is 3.23. The molecule has 3 aromatic rings. The summed E-state index contributed by atoms with van der Waals surface area (Å²) in [5, 5.41) is 12.8. The number of benzene rings is 2. The van der Waals surface area contributed by atoms with Gasteiger partial charge >= 0.3 is 5.97 Å². The van der Waals surface area contributed by atoms with Crippen molar-refractivity contribution in [2.45, 2.75) is 40.2 Å². The number of aromatic nitrogens is 4. The van der Waals surface area contributed by atoms with Gasteiger partial charge in [0.05, 0.1) is 12.0 Å². The minimum Gasteiger partial charge on any atom is -0.426 e. The highest BCUT2D eigenvalue weighted by Gasteiger charge is 2.23. The summed E-state index contributed by atoms with van der Waals surface area (Å²) in [5.74, 6) is 0.747. The van der Waals surface area contributed by atoms with E-state index >= 15 is 0 Å². The van der Waals surface area contributed by atoms with Gasteiger partial charge in [0, 0.05) is 5.56 Å². The van der Waals surface area contributed by atoms with Gasteiger partial charge in [0.1, 0.15) is 5.75 Å². The summed E-state index contributed by atoms with van der Waals surface area (Å²) in [7, 11) is 0. The first kappa shape index (κ1) is 20.7. The Kier molecular flexibility index (Phi) is 6.39. The molecule has 1 heterocycles. The number of tetrazole rings is 1. The van der Waals surface area contributed by atoms with Crippen LogP contribution in [0.1, 0.15) is 38.3 Å².